The number of hydrogen-bond acceptors (Lipinski definition) is 6. The molecule has 1 aliphatic heterocycles. The maximum absolute atomic E-state index is 15.7. The number of urea groups is 1. The van der Waals surface area contributed by atoms with E-state index in [-0.39, 0.29) is 17.3 Å². The van der Waals surface area contributed by atoms with Crippen LogP contribution in [0.1, 0.15) is 44.2 Å². The van der Waals surface area contributed by atoms with E-state index in [0.717, 1.165) is 6.42 Å². The van der Waals surface area contributed by atoms with Gasteiger partial charge >= 0.3 is 6.03 Å². The van der Waals surface area contributed by atoms with Gasteiger partial charge in [0.25, 0.3) is 0 Å². The van der Waals surface area contributed by atoms with Crippen LogP contribution < -0.4 is 10.6 Å². The van der Waals surface area contributed by atoms with Crippen molar-refractivity contribution < 1.29 is 19.0 Å². The number of aromatic nitrogens is 4. The van der Waals surface area contributed by atoms with E-state index >= 15 is 4.39 Å². The van der Waals surface area contributed by atoms with Gasteiger partial charge in [-0.1, -0.05) is 0 Å². The van der Waals surface area contributed by atoms with Gasteiger partial charge in [-0.3, -0.25) is 5.32 Å². The van der Waals surface area contributed by atoms with Crippen molar-refractivity contribution in [1.82, 2.24) is 25.3 Å². The molecule has 4 rings (SSSR count). The standard InChI is InChI=1S/C20H23FN6O3/c1-20(2,29)17-23-8-10(9-24-17)11-7-12-16(26-18(25-12)27-19(28)22-3)14(15(11)21)13-5-4-6-30-13/h7-9,13,29H,4-6H2,1-3H3,(H3,22,25,26,27,28). The fourth-order valence-electron chi connectivity index (χ4n) is 3.47. The van der Waals surface area contributed by atoms with E-state index in [0.29, 0.717) is 35.2 Å². The van der Waals surface area contributed by atoms with Crippen LogP contribution >= 0.6 is 0 Å². The van der Waals surface area contributed by atoms with Gasteiger partial charge in [0.1, 0.15) is 11.4 Å². The van der Waals surface area contributed by atoms with Crippen molar-refractivity contribution in [3.63, 3.8) is 0 Å². The number of benzene rings is 1. The lowest BCUT2D eigenvalue weighted by Crippen LogP contribution is -2.24. The van der Waals surface area contributed by atoms with Crippen molar-refractivity contribution >= 4 is 23.0 Å². The molecule has 2 amide bonds. The first-order valence-electron chi connectivity index (χ1n) is 9.65. The van der Waals surface area contributed by atoms with E-state index in [4.69, 9.17) is 4.74 Å². The number of nitrogens with one attached hydrogen (secondary N) is 3. The summed E-state index contributed by atoms with van der Waals surface area (Å²) in [5.41, 5.74) is 0.835. The molecule has 1 fully saturated rings. The maximum Gasteiger partial charge on any atom is 0.321 e. The molecule has 4 N–H and O–H groups in total. The van der Waals surface area contributed by atoms with Crippen LogP contribution in [0.25, 0.3) is 22.2 Å². The number of halogens is 1. The lowest BCUT2D eigenvalue weighted by molar-refractivity contribution is 0.0687. The first-order valence-corrected chi connectivity index (χ1v) is 9.65. The zero-order valence-corrected chi connectivity index (χ0v) is 16.9. The number of amides is 2. The average Bonchev–Trinajstić information content (AvgIpc) is 3.36. The summed E-state index contributed by atoms with van der Waals surface area (Å²) in [5.74, 6) is -0.0218. The molecule has 9 nitrogen and oxygen atoms in total. The fraction of sp³-hybridized carbons (Fsp3) is 0.400. The number of aliphatic hydroxyl groups is 1. The minimum absolute atomic E-state index is 0.203. The van der Waals surface area contributed by atoms with Crippen LogP contribution in [0.5, 0.6) is 0 Å². The van der Waals surface area contributed by atoms with Crippen LogP contribution in [0.4, 0.5) is 15.1 Å². The number of fused-ring (bicyclic) bond motifs is 1. The molecule has 1 aliphatic rings. The third-order valence-corrected chi connectivity index (χ3v) is 4.97. The van der Waals surface area contributed by atoms with Crippen molar-refractivity contribution in [1.29, 1.82) is 0 Å². The van der Waals surface area contributed by atoms with E-state index in [1.54, 1.807) is 19.9 Å². The number of rotatable bonds is 4. The Morgan fingerprint density at radius 2 is 2.10 bits per heavy atom. The number of anilines is 1. The zero-order valence-electron chi connectivity index (χ0n) is 16.9. The van der Waals surface area contributed by atoms with Crippen molar-refractivity contribution in [2.45, 2.75) is 38.4 Å². The second-order valence-corrected chi connectivity index (χ2v) is 7.69. The highest BCUT2D eigenvalue weighted by Crippen LogP contribution is 2.39. The van der Waals surface area contributed by atoms with Crippen LogP contribution in [0, 0.1) is 5.82 Å². The molecule has 2 aromatic heterocycles. The Balaban J connectivity index is 1.85. The fourth-order valence-corrected chi connectivity index (χ4v) is 3.47. The molecular formula is C20H23FN6O3. The highest BCUT2D eigenvalue weighted by Gasteiger charge is 2.28. The molecular weight excluding hydrogens is 391 g/mol. The van der Waals surface area contributed by atoms with Gasteiger partial charge in [0.15, 0.2) is 5.82 Å². The second kappa shape index (κ2) is 7.62. The Morgan fingerprint density at radius 3 is 2.70 bits per heavy atom. The highest BCUT2D eigenvalue weighted by molar-refractivity contribution is 5.92. The monoisotopic (exact) mass is 414 g/mol. The highest BCUT2D eigenvalue weighted by atomic mass is 19.1. The van der Waals surface area contributed by atoms with Gasteiger partial charge in [-0.25, -0.2) is 24.1 Å². The molecule has 0 bridgehead atoms. The predicted octanol–water partition coefficient (Wildman–Crippen LogP) is 2.99. The van der Waals surface area contributed by atoms with Crippen molar-refractivity contribution in [2.75, 3.05) is 19.0 Å². The molecule has 1 saturated heterocycles. The topological polar surface area (TPSA) is 125 Å². The average molecular weight is 414 g/mol. The summed E-state index contributed by atoms with van der Waals surface area (Å²) in [4.78, 5) is 27.4. The summed E-state index contributed by atoms with van der Waals surface area (Å²) in [6.07, 6.45) is 4.02. The van der Waals surface area contributed by atoms with E-state index in [1.165, 1.54) is 19.4 Å². The molecule has 0 radical (unpaired) electrons. The number of H-pyrrole nitrogens is 1. The van der Waals surface area contributed by atoms with E-state index < -0.39 is 23.6 Å². The second-order valence-electron chi connectivity index (χ2n) is 7.69. The number of ether oxygens (including phenoxy) is 1. The van der Waals surface area contributed by atoms with E-state index in [1.807, 2.05) is 0 Å². The smallest absolute Gasteiger partial charge is 0.321 e. The molecule has 158 valence electrons. The van der Waals surface area contributed by atoms with Gasteiger partial charge in [-0.2, -0.15) is 0 Å². The minimum atomic E-state index is -1.20. The summed E-state index contributed by atoms with van der Waals surface area (Å²) in [6.45, 7) is 3.71. The van der Waals surface area contributed by atoms with Crippen molar-refractivity contribution in [2.24, 2.45) is 0 Å². The number of nitrogens with zero attached hydrogens (tertiary/aromatic N) is 3. The number of hydrogen-bond donors (Lipinski definition) is 4. The Labute approximate surface area is 172 Å². The molecule has 30 heavy (non-hydrogen) atoms. The SMILES string of the molecule is CNC(=O)Nc1nc2c(C3CCCO3)c(F)c(-c3cnc(C(C)(C)O)nc3)cc2[nH]1. The summed E-state index contributed by atoms with van der Waals surface area (Å²) in [7, 11) is 1.49. The van der Waals surface area contributed by atoms with E-state index in [9.17, 15) is 9.90 Å². The van der Waals surface area contributed by atoms with Gasteiger partial charge in [0.05, 0.1) is 17.1 Å². The first kappa shape index (κ1) is 20.2. The van der Waals surface area contributed by atoms with Crippen LogP contribution in [0.3, 0.4) is 0 Å². The first-order chi connectivity index (χ1) is 14.3. The largest absolute Gasteiger partial charge is 0.382 e. The van der Waals surface area contributed by atoms with Crippen LogP contribution in [-0.2, 0) is 10.3 Å². The molecule has 10 heteroatoms. The summed E-state index contributed by atoms with van der Waals surface area (Å²) >= 11 is 0. The number of carbonyl (C=O) groups excluding carboxylic acids is 1. The lowest BCUT2D eigenvalue weighted by atomic mass is 9.98. The van der Waals surface area contributed by atoms with Gasteiger partial charge in [0, 0.05) is 42.7 Å². The molecule has 1 aromatic carbocycles. The van der Waals surface area contributed by atoms with Crippen molar-refractivity contribution in [3.8, 4) is 11.1 Å². The van der Waals surface area contributed by atoms with Gasteiger partial charge < -0.3 is 20.1 Å². The van der Waals surface area contributed by atoms with Crippen LogP contribution in [0.15, 0.2) is 18.5 Å². The minimum Gasteiger partial charge on any atom is -0.382 e. The molecule has 3 aromatic rings. The third-order valence-electron chi connectivity index (χ3n) is 4.97. The van der Waals surface area contributed by atoms with Gasteiger partial charge in [0.2, 0.25) is 5.95 Å². The molecule has 3 heterocycles. The Hall–Kier alpha value is -3.11. The molecule has 1 atom stereocenters. The third kappa shape index (κ3) is 3.71. The summed E-state index contributed by atoms with van der Waals surface area (Å²) in [6, 6.07) is 1.16. The molecule has 0 saturated carbocycles. The Kier molecular flexibility index (Phi) is 5.12. The summed E-state index contributed by atoms with van der Waals surface area (Å²) in [5, 5.41) is 15.1. The van der Waals surface area contributed by atoms with Gasteiger partial charge in [-0.15, -0.1) is 0 Å². The summed E-state index contributed by atoms with van der Waals surface area (Å²) < 4.78 is 21.4. The Bertz CT molecular complexity index is 1080. The predicted molar refractivity (Wildman–Crippen MR) is 108 cm³/mol. The van der Waals surface area contributed by atoms with Crippen molar-refractivity contribution in [3.05, 3.63) is 35.7 Å². The van der Waals surface area contributed by atoms with Gasteiger partial charge in [-0.05, 0) is 32.8 Å². The van der Waals surface area contributed by atoms with E-state index in [2.05, 4.69) is 30.6 Å². The Morgan fingerprint density at radius 1 is 1.37 bits per heavy atom. The van der Waals surface area contributed by atoms with Crippen LogP contribution in [-0.4, -0.2) is 44.7 Å². The maximum atomic E-state index is 15.7. The quantitative estimate of drug-likeness (QED) is 0.520. The zero-order chi connectivity index (χ0) is 21.5. The number of imidazole rings is 1. The molecule has 0 aliphatic carbocycles. The molecule has 1 unspecified atom stereocenters. The normalized spacial score (nSPS) is 16.8. The lowest BCUT2D eigenvalue weighted by Gasteiger charge is -2.16. The number of carbonyl (C=O) groups is 1. The van der Waals surface area contributed by atoms with Crippen LogP contribution in [0.2, 0.25) is 0 Å². The number of aromatic amines is 1. The molecule has 0 spiro atoms.